The Bertz CT molecular complexity index is 281. The monoisotopic (exact) mass is 198 g/mol. The van der Waals surface area contributed by atoms with Gasteiger partial charge >= 0.3 is 0 Å². The van der Waals surface area contributed by atoms with Crippen molar-refractivity contribution in [1.82, 2.24) is 4.98 Å². The average Bonchev–Trinajstić information content (AvgIpc) is 2.17. The van der Waals surface area contributed by atoms with Crippen LogP contribution in [0.4, 0.5) is 10.2 Å². The van der Waals surface area contributed by atoms with Crippen molar-refractivity contribution in [3.8, 4) is 0 Å². The molecule has 0 aliphatic rings. The maximum Gasteiger partial charge on any atom is 0.214 e. The molecule has 1 aromatic rings. The van der Waals surface area contributed by atoms with Gasteiger partial charge in [-0.2, -0.15) is 4.39 Å². The normalized spacial score (nSPS) is 12.5. The number of nitrogens with zero attached hydrogens (tertiary/aromatic N) is 1. The fourth-order valence-corrected chi connectivity index (χ4v) is 1.23. The third kappa shape index (κ3) is 3.30. The van der Waals surface area contributed by atoms with Crippen LogP contribution in [-0.4, -0.2) is 22.7 Å². The van der Waals surface area contributed by atoms with Gasteiger partial charge in [-0.05, 0) is 25.0 Å². The van der Waals surface area contributed by atoms with E-state index < -0.39 is 5.95 Å². The van der Waals surface area contributed by atoms with Crippen LogP contribution in [-0.2, 0) is 0 Å². The molecule has 0 aromatic carbocycles. The minimum atomic E-state index is -0.492. The number of pyridine rings is 1. The van der Waals surface area contributed by atoms with Crippen molar-refractivity contribution in [3.63, 3.8) is 0 Å². The summed E-state index contributed by atoms with van der Waals surface area (Å²) in [4.78, 5) is 3.68. The van der Waals surface area contributed by atoms with Gasteiger partial charge in [-0.1, -0.05) is 13.0 Å². The van der Waals surface area contributed by atoms with E-state index in [2.05, 4.69) is 10.3 Å². The molecule has 1 aromatic heterocycles. The van der Waals surface area contributed by atoms with Crippen LogP contribution in [0.1, 0.15) is 19.8 Å². The molecule has 1 unspecified atom stereocenters. The second-order valence-electron chi connectivity index (χ2n) is 3.11. The molecular weight excluding hydrogens is 183 g/mol. The fraction of sp³-hybridized carbons (Fsp3) is 0.500. The Morgan fingerprint density at radius 1 is 1.57 bits per heavy atom. The third-order valence-electron chi connectivity index (χ3n) is 2.04. The van der Waals surface area contributed by atoms with E-state index >= 15 is 0 Å². The molecular formula is C10H15FN2O. The molecule has 0 saturated heterocycles. The van der Waals surface area contributed by atoms with Gasteiger partial charge in [-0.25, -0.2) is 4.98 Å². The van der Waals surface area contributed by atoms with Crippen molar-refractivity contribution in [1.29, 1.82) is 0 Å². The topological polar surface area (TPSA) is 45.1 Å². The van der Waals surface area contributed by atoms with Gasteiger partial charge < -0.3 is 10.4 Å². The molecule has 3 nitrogen and oxygen atoms in total. The molecule has 0 amide bonds. The van der Waals surface area contributed by atoms with Crippen molar-refractivity contribution < 1.29 is 9.50 Å². The maximum absolute atomic E-state index is 12.7. The van der Waals surface area contributed by atoms with Gasteiger partial charge in [-0.15, -0.1) is 0 Å². The summed E-state index contributed by atoms with van der Waals surface area (Å²) in [6, 6.07) is 4.77. The largest absolute Gasteiger partial charge is 0.396 e. The van der Waals surface area contributed by atoms with E-state index in [0.29, 0.717) is 12.2 Å². The highest BCUT2D eigenvalue weighted by atomic mass is 19.1. The summed E-state index contributed by atoms with van der Waals surface area (Å²) in [5, 5.41) is 11.8. The number of hydrogen-bond donors (Lipinski definition) is 2. The molecule has 0 spiro atoms. The van der Waals surface area contributed by atoms with Crippen LogP contribution in [0, 0.1) is 5.95 Å². The SMILES string of the molecule is CCC(CCO)Nc1cccc(F)n1. The number of halogens is 1. The number of nitrogens with one attached hydrogen (secondary N) is 1. The Labute approximate surface area is 83.0 Å². The van der Waals surface area contributed by atoms with E-state index in [1.165, 1.54) is 6.07 Å². The molecule has 0 saturated carbocycles. The zero-order valence-corrected chi connectivity index (χ0v) is 8.20. The minimum absolute atomic E-state index is 0.126. The van der Waals surface area contributed by atoms with E-state index in [-0.39, 0.29) is 12.6 Å². The van der Waals surface area contributed by atoms with Crippen LogP contribution in [0.15, 0.2) is 18.2 Å². The molecule has 2 N–H and O–H groups in total. The van der Waals surface area contributed by atoms with Crippen LogP contribution >= 0.6 is 0 Å². The van der Waals surface area contributed by atoms with Gasteiger partial charge in [0.15, 0.2) is 0 Å². The lowest BCUT2D eigenvalue weighted by Crippen LogP contribution is -2.20. The second-order valence-corrected chi connectivity index (χ2v) is 3.11. The van der Waals surface area contributed by atoms with Crippen LogP contribution in [0.25, 0.3) is 0 Å². The van der Waals surface area contributed by atoms with Crippen molar-refractivity contribution in [2.24, 2.45) is 0 Å². The van der Waals surface area contributed by atoms with Crippen molar-refractivity contribution >= 4 is 5.82 Å². The van der Waals surface area contributed by atoms with Crippen molar-refractivity contribution in [2.75, 3.05) is 11.9 Å². The smallest absolute Gasteiger partial charge is 0.214 e. The first-order valence-electron chi connectivity index (χ1n) is 4.76. The Hall–Kier alpha value is -1.16. The summed E-state index contributed by atoms with van der Waals surface area (Å²) in [6.07, 6.45) is 1.52. The Balaban J connectivity index is 2.57. The first-order chi connectivity index (χ1) is 6.76. The summed E-state index contributed by atoms with van der Waals surface area (Å²) in [5.41, 5.74) is 0. The maximum atomic E-state index is 12.7. The molecule has 0 bridgehead atoms. The van der Waals surface area contributed by atoms with E-state index in [1.807, 2.05) is 6.92 Å². The Kier molecular flexibility index (Phi) is 4.32. The molecule has 1 rings (SSSR count). The van der Waals surface area contributed by atoms with E-state index in [0.717, 1.165) is 6.42 Å². The number of aliphatic hydroxyl groups excluding tert-OH is 1. The minimum Gasteiger partial charge on any atom is -0.396 e. The summed E-state index contributed by atoms with van der Waals surface area (Å²) >= 11 is 0. The summed E-state index contributed by atoms with van der Waals surface area (Å²) in [6.45, 7) is 2.13. The summed E-state index contributed by atoms with van der Waals surface area (Å²) in [7, 11) is 0. The second kappa shape index (κ2) is 5.54. The summed E-state index contributed by atoms with van der Waals surface area (Å²) in [5.74, 6) is 0.0270. The van der Waals surface area contributed by atoms with Crippen molar-refractivity contribution in [2.45, 2.75) is 25.8 Å². The predicted molar refractivity (Wildman–Crippen MR) is 53.6 cm³/mol. The zero-order valence-electron chi connectivity index (χ0n) is 8.20. The number of aromatic nitrogens is 1. The number of rotatable bonds is 5. The molecule has 1 atom stereocenters. The lowest BCUT2D eigenvalue weighted by molar-refractivity contribution is 0.278. The van der Waals surface area contributed by atoms with Crippen LogP contribution < -0.4 is 5.32 Å². The standard InChI is InChI=1S/C10H15FN2O/c1-2-8(6-7-14)12-10-5-3-4-9(11)13-10/h3-5,8,14H,2,6-7H2,1H3,(H,12,13). The van der Waals surface area contributed by atoms with Crippen LogP contribution in [0.2, 0.25) is 0 Å². The molecule has 0 aliphatic heterocycles. The van der Waals surface area contributed by atoms with Crippen LogP contribution in [0.5, 0.6) is 0 Å². The first-order valence-corrected chi connectivity index (χ1v) is 4.76. The van der Waals surface area contributed by atoms with E-state index in [4.69, 9.17) is 5.11 Å². The fourth-order valence-electron chi connectivity index (χ4n) is 1.23. The first kappa shape index (κ1) is 10.9. The average molecular weight is 198 g/mol. The zero-order chi connectivity index (χ0) is 10.4. The molecule has 1 heterocycles. The lowest BCUT2D eigenvalue weighted by atomic mass is 10.1. The highest BCUT2D eigenvalue weighted by Gasteiger charge is 2.05. The highest BCUT2D eigenvalue weighted by Crippen LogP contribution is 2.08. The van der Waals surface area contributed by atoms with Gasteiger partial charge in [0, 0.05) is 12.6 Å². The quantitative estimate of drug-likeness (QED) is 0.709. The Morgan fingerprint density at radius 3 is 2.93 bits per heavy atom. The predicted octanol–water partition coefficient (Wildman–Crippen LogP) is 1.79. The van der Waals surface area contributed by atoms with Crippen LogP contribution in [0.3, 0.4) is 0 Å². The molecule has 4 heteroatoms. The van der Waals surface area contributed by atoms with Gasteiger partial charge in [0.05, 0.1) is 0 Å². The number of anilines is 1. The number of aliphatic hydroxyl groups is 1. The lowest BCUT2D eigenvalue weighted by Gasteiger charge is -2.15. The van der Waals surface area contributed by atoms with E-state index in [1.54, 1.807) is 12.1 Å². The molecule has 0 aliphatic carbocycles. The third-order valence-corrected chi connectivity index (χ3v) is 2.04. The van der Waals surface area contributed by atoms with E-state index in [9.17, 15) is 4.39 Å². The summed E-state index contributed by atoms with van der Waals surface area (Å²) < 4.78 is 12.7. The molecule has 14 heavy (non-hydrogen) atoms. The molecule has 78 valence electrons. The molecule has 0 fully saturated rings. The number of hydrogen-bond acceptors (Lipinski definition) is 3. The van der Waals surface area contributed by atoms with Gasteiger partial charge in [0.25, 0.3) is 0 Å². The van der Waals surface area contributed by atoms with Gasteiger partial charge in [0.1, 0.15) is 5.82 Å². The van der Waals surface area contributed by atoms with Crippen molar-refractivity contribution in [3.05, 3.63) is 24.1 Å². The molecule has 0 radical (unpaired) electrons. The van der Waals surface area contributed by atoms with Gasteiger partial charge in [0.2, 0.25) is 5.95 Å². The highest BCUT2D eigenvalue weighted by molar-refractivity contribution is 5.34. The van der Waals surface area contributed by atoms with Gasteiger partial charge in [-0.3, -0.25) is 0 Å². The Morgan fingerprint density at radius 2 is 2.36 bits per heavy atom.